The zero-order valence-corrected chi connectivity index (χ0v) is 24.6. The molecule has 1 aromatic carbocycles. The molecule has 0 saturated carbocycles. The summed E-state index contributed by atoms with van der Waals surface area (Å²) in [6.45, 7) is 6.94. The van der Waals surface area contributed by atoms with E-state index in [1.54, 1.807) is 40.7 Å². The van der Waals surface area contributed by atoms with Crippen molar-refractivity contribution in [3.63, 3.8) is 0 Å². The minimum atomic E-state index is -3.29. The summed E-state index contributed by atoms with van der Waals surface area (Å²) < 4.78 is 63.3. The van der Waals surface area contributed by atoms with Crippen molar-refractivity contribution < 1.29 is 31.8 Å². The summed E-state index contributed by atoms with van der Waals surface area (Å²) in [4.78, 5) is 25.5. The Morgan fingerprint density at radius 1 is 1.22 bits per heavy atom. The number of nitrogens with one attached hydrogen (secondary N) is 1. The fourth-order valence-corrected chi connectivity index (χ4v) is 6.58. The number of hydrogen-bond donors (Lipinski definition) is 1. The van der Waals surface area contributed by atoms with Crippen molar-refractivity contribution in [1.29, 1.82) is 0 Å². The molecule has 14 heteroatoms. The standard InChI is InChI=1S/C27H32F2N6O5S/c1-25(2,3)39-24(36)33-23-26(4,5)41(37,30-6)15-27(14-28,34-23)18-10-16(8-9-19(18)29)21-11-20(35-40-21)22-31-12-17(38-7)13-32-22/h8-13H,14-15H2,1-7H3,(H,33,34,36)/t27-,41+/m0/s1. The lowest BCUT2D eigenvalue weighted by Crippen LogP contribution is -2.59. The van der Waals surface area contributed by atoms with Gasteiger partial charge in [-0.05, 0) is 52.8 Å². The normalized spacial score (nSPS) is 22.0. The first kappa shape index (κ1) is 30.0. The molecule has 0 aliphatic carbocycles. The van der Waals surface area contributed by atoms with Crippen LogP contribution in [0.2, 0.25) is 0 Å². The van der Waals surface area contributed by atoms with E-state index in [1.807, 2.05) is 0 Å². The largest absolute Gasteiger partial charge is 0.494 e. The molecule has 220 valence electrons. The van der Waals surface area contributed by atoms with Crippen molar-refractivity contribution in [3.05, 3.63) is 48.0 Å². The highest BCUT2D eigenvalue weighted by atomic mass is 32.2. The fraction of sp³-hybridized carbons (Fsp3) is 0.444. The molecular formula is C27H32F2N6O5S. The van der Waals surface area contributed by atoms with Gasteiger partial charge in [0.1, 0.15) is 34.2 Å². The molecule has 1 N–H and O–H groups in total. The predicted octanol–water partition coefficient (Wildman–Crippen LogP) is 4.92. The second-order valence-electron chi connectivity index (χ2n) is 10.9. The van der Waals surface area contributed by atoms with Crippen LogP contribution in [0.4, 0.5) is 13.6 Å². The Morgan fingerprint density at radius 3 is 2.49 bits per heavy atom. The number of aromatic nitrogens is 3. The van der Waals surface area contributed by atoms with Crippen molar-refractivity contribution in [2.45, 2.75) is 50.5 Å². The number of carbonyl (C=O) groups is 1. The van der Waals surface area contributed by atoms with Gasteiger partial charge in [0, 0.05) is 24.2 Å². The molecule has 1 aliphatic rings. The average molecular weight is 591 g/mol. The van der Waals surface area contributed by atoms with E-state index in [0.29, 0.717) is 17.0 Å². The fourth-order valence-electron chi connectivity index (χ4n) is 4.29. The Bertz CT molecular complexity index is 1610. The monoisotopic (exact) mass is 590 g/mol. The lowest BCUT2D eigenvalue weighted by atomic mass is 9.90. The number of amides is 1. The molecule has 0 saturated heterocycles. The van der Waals surface area contributed by atoms with Gasteiger partial charge in [-0.25, -0.2) is 32.1 Å². The Kier molecular flexibility index (Phi) is 7.91. The van der Waals surface area contributed by atoms with E-state index in [9.17, 15) is 9.00 Å². The number of nitrogens with zero attached hydrogens (tertiary/aromatic N) is 5. The summed E-state index contributed by atoms with van der Waals surface area (Å²) in [5.74, 6) is -0.393. The van der Waals surface area contributed by atoms with Gasteiger partial charge in [-0.1, -0.05) is 5.16 Å². The summed E-state index contributed by atoms with van der Waals surface area (Å²) in [6, 6.07) is 5.47. The first-order chi connectivity index (χ1) is 19.2. The van der Waals surface area contributed by atoms with Crippen molar-refractivity contribution in [1.82, 2.24) is 20.4 Å². The molecule has 4 rings (SSSR count). The highest BCUT2D eigenvalue weighted by Crippen LogP contribution is 2.41. The number of methoxy groups -OCH3 is 1. The molecule has 11 nitrogen and oxygen atoms in total. The third kappa shape index (κ3) is 5.78. The van der Waals surface area contributed by atoms with Gasteiger partial charge in [0.25, 0.3) is 0 Å². The van der Waals surface area contributed by atoms with Gasteiger partial charge < -0.3 is 14.0 Å². The van der Waals surface area contributed by atoms with Gasteiger partial charge >= 0.3 is 6.09 Å². The summed E-state index contributed by atoms with van der Waals surface area (Å²) >= 11 is 0. The summed E-state index contributed by atoms with van der Waals surface area (Å²) in [5, 5.41) is 6.51. The summed E-state index contributed by atoms with van der Waals surface area (Å²) in [6.07, 6.45) is 2.07. The molecule has 3 heterocycles. The Hall–Kier alpha value is -3.94. The van der Waals surface area contributed by atoms with Crippen LogP contribution in [0.5, 0.6) is 5.75 Å². The van der Waals surface area contributed by atoms with Crippen LogP contribution in [0.15, 0.2) is 50.5 Å². The Balaban J connectivity index is 1.81. The van der Waals surface area contributed by atoms with Gasteiger partial charge in [-0.15, -0.1) is 0 Å². The number of aliphatic imine (C=N–C) groups is 1. The van der Waals surface area contributed by atoms with Crippen LogP contribution in [-0.4, -0.2) is 68.2 Å². The highest BCUT2D eigenvalue weighted by Gasteiger charge is 2.51. The molecule has 0 bridgehead atoms. The molecule has 0 fully saturated rings. The SMILES string of the molecule is CN=[S@@]1(=O)C[C@@](CF)(c2cc(-c3cc(-c4ncc(OC)cn4)no3)ccc2F)N=C(NC(=O)OC(C)(C)C)C1(C)C. The molecular weight excluding hydrogens is 558 g/mol. The number of alkyl halides is 1. The summed E-state index contributed by atoms with van der Waals surface area (Å²) in [5.41, 5.74) is -2.35. The van der Waals surface area contributed by atoms with Gasteiger partial charge in [0.15, 0.2) is 23.0 Å². The van der Waals surface area contributed by atoms with Crippen LogP contribution in [0.1, 0.15) is 40.2 Å². The van der Waals surface area contributed by atoms with Crippen LogP contribution in [0.3, 0.4) is 0 Å². The lowest BCUT2D eigenvalue weighted by molar-refractivity contribution is 0.0560. The highest BCUT2D eigenvalue weighted by molar-refractivity contribution is 7.95. The first-order valence-corrected chi connectivity index (χ1v) is 14.3. The van der Waals surface area contributed by atoms with Crippen LogP contribution >= 0.6 is 0 Å². The van der Waals surface area contributed by atoms with E-state index >= 15 is 8.78 Å². The first-order valence-electron chi connectivity index (χ1n) is 12.6. The second kappa shape index (κ2) is 10.8. The molecule has 2 aromatic heterocycles. The average Bonchev–Trinajstić information content (AvgIpc) is 3.41. The molecule has 0 spiro atoms. The maximum absolute atomic E-state index is 15.5. The van der Waals surface area contributed by atoms with E-state index in [0.717, 1.165) is 6.07 Å². The molecule has 0 unspecified atom stereocenters. The lowest BCUT2D eigenvalue weighted by Gasteiger charge is -2.42. The van der Waals surface area contributed by atoms with Gasteiger partial charge in [-0.2, -0.15) is 0 Å². The third-order valence-corrected chi connectivity index (χ3v) is 9.87. The number of halogens is 2. The topological polar surface area (TPSA) is 141 Å². The van der Waals surface area contributed by atoms with Crippen LogP contribution < -0.4 is 10.1 Å². The minimum Gasteiger partial charge on any atom is -0.494 e. The quantitative estimate of drug-likeness (QED) is 0.441. The number of amidine groups is 1. The van der Waals surface area contributed by atoms with Crippen molar-refractivity contribution in [3.8, 4) is 28.6 Å². The van der Waals surface area contributed by atoms with Crippen molar-refractivity contribution in [2.75, 3.05) is 26.6 Å². The van der Waals surface area contributed by atoms with Crippen LogP contribution in [0.25, 0.3) is 22.8 Å². The Morgan fingerprint density at radius 2 is 1.90 bits per heavy atom. The van der Waals surface area contributed by atoms with E-state index in [1.165, 1.54) is 38.7 Å². The number of alkyl carbamates (subject to hydrolysis) is 1. The zero-order valence-electron chi connectivity index (χ0n) is 23.8. The number of hydrogen-bond acceptors (Lipinski definition) is 10. The van der Waals surface area contributed by atoms with E-state index < -0.39 is 50.0 Å². The predicted molar refractivity (Wildman–Crippen MR) is 149 cm³/mol. The zero-order chi connectivity index (χ0) is 30.2. The minimum absolute atomic E-state index is 0.130. The second-order valence-corrected chi connectivity index (χ2v) is 13.9. The van der Waals surface area contributed by atoms with Gasteiger partial charge in [0.2, 0.25) is 0 Å². The van der Waals surface area contributed by atoms with E-state index in [4.69, 9.17) is 14.0 Å². The van der Waals surface area contributed by atoms with Gasteiger partial charge in [0.05, 0.1) is 35.0 Å². The molecule has 1 amide bonds. The van der Waals surface area contributed by atoms with Gasteiger partial charge in [-0.3, -0.25) is 10.3 Å². The Labute approximate surface area is 236 Å². The molecule has 3 aromatic rings. The number of rotatable bonds is 5. The van der Waals surface area contributed by atoms with Crippen molar-refractivity contribution >= 4 is 21.7 Å². The summed E-state index contributed by atoms with van der Waals surface area (Å²) in [7, 11) is -0.459. The smallest absolute Gasteiger partial charge is 0.413 e. The van der Waals surface area contributed by atoms with Crippen LogP contribution in [-0.2, 0) is 20.0 Å². The van der Waals surface area contributed by atoms with E-state index in [2.05, 4.69) is 29.8 Å². The van der Waals surface area contributed by atoms with Crippen LogP contribution in [0, 0.1) is 5.82 Å². The maximum atomic E-state index is 15.5. The molecule has 41 heavy (non-hydrogen) atoms. The number of carbonyl (C=O) groups excluding carboxylic acids is 1. The number of ether oxygens (including phenoxy) is 2. The molecule has 1 aliphatic heterocycles. The molecule has 2 atom stereocenters. The van der Waals surface area contributed by atoms with Crippen molar-refractivity contribution in [2.24, 2.45) is 9.36 Å². The molecule has 0 radical (unpaired) electrons. The number of benzene rings is 1. The third-order valence-electron chi connectivity index (χ3n) is 6.62. The maximum Gasteiger partial charge on any atom is 0.413 e. The van der Waals surface area contributed by atoms with E-state index in [-0.39, 0.29) is 23.0 Å².